The largest absolute Gasteiger partial charge is 0.325 e. The highest BCUT2D eigenvalue weighted by molar-refractivity contribution is 6.07. The smallest absolute Gasteiger partial charge is 0.323 e. The minimum absolute atomic E-state index is 0.0667. The van der Waals surface area contributed by atoms with E-state index in [0.29, 0.717) is 30.5 Å². The summed E-state index contributed by atoms with van der Waals surface area (Å²) in [6.07, 6.45) is 4.48. The van der Waals surface area contributed by atoms with Crippen molar-refractivity contribution in [3.05, 3.63) is 11.8 Å². The minimum atomic E-state index is -0.717. The van der Waals surface area contributed by atoms with Gasteiger partial charge in [-0.15, -0.1) is 0 Å². The molecule has 134 valence electrons. The highest BCUT2D eigenvalue weighted by atomic mass is 16.2. The maximum Gasteiger partial charge on any atom is 0.325 e. The second-order valence-electron chi connectivity index (χ2n) is 7.50. The predicted molar refractivity (Wildman–Crippen MR) is 89.8 cm³/mol. The molecule has 1 spiro atoms. The number of imide groups is 1. The van der Waals surface area contributed by atoms with E-state index in [2.05, 4.69) is 27.8 Å². The van der Waals surface area contributed by atoms with Crippen molar-refractivity contribution in [3.63, 3.8) is 0 Å². The first-order chi connectivity index (χ1) is 12.0. The standard InChI is InChI=1S/C17H23N5O3/c1-10-8-11(10)12-9-13(21-20-12)18-14(23)4-7-22-15(24)17(19-16(22)25)5-2-3-6-17/h9-11H,2-8H2,1H3,(H,19,25)(H2,18,20,21,23)/t10-,11+/m0/s1. The van der Waals surface area contributed by atoms with Gasteiger partial charge in [0.15, 0.2) is 5.82 Å². The molecule has 0 unspecified atom stereocenters. The fraction of sp³-hybridized carbons (Fsp3) is 0.647. The Labute approximate surface area is 145 Å². The number of hydrogen-bond acceptors (Lipinski definition) is 4. The molecule has 0 radical (unpaired) electrons. The van der Waals surface area contributed by atoms with Crippen LogP contribution in [0, 0.1) is 5.92 Å². The first kappa shape index (κ1) is 16.1. The molecule has 25 heavy (non-hydrogen) atoms. The lowest BCUT2D eigenvalue weighted by Crippen LogP contribution is -2.44. The maximum absolute atomic E-state index is 12.5. The maximum atomic E-state index is 12.5. The van der Waals surface area contributed by atoms with Gasteiger partial charge >= 0.3 is 6.03 Å². The molecule has 2 aliphatic carbocycles. The fourth-order valence-electron chi connectivity index (χ4n) is 3.96. The molecule has 0 aromatic carbocycles. The third-order valence-corrected chi connectivity index (χ3v) is 5.64. The fourth-order valence-corrected chi connectivity index (χ4v) is 3.96. The van der Waals surface area contributed by atoms with Crippen molar-refractivity contribution in [2.24, 2.45) is 5.92 Å². The molecule has 1 aromatic rings. The van der Waals surface area contributed by atoms with Gasteiger partial charge in [-0.3, -0.25) is 19.6 Å². The van der Waals surface area contributed by atoms with Crippen LogP contribution in [0.25, 0.3) is 0 Å². The van der Waals surface area contributed by atoms with Crippen LogP contribution in [-0.4, -0.2) is 45.0 Å². The van der Waals surface area contributed by atoms with Gasteiger partial charge in [0, 0.05) is 30.6 Å². The Morgan fingerprint density at radius 1 is 1.40 bits per heavy atom. The summed E-state index contributed by atoms with van der Waals surface area (Å²) in [5.74, 6) is 1.21. The van der Waals surface area contributed by atoms with Crippen LogP contribution in [-0.2, 0) is 9.59 Å². The predicted octanol–water partition coefficient (Wildman–Crippen LogP) is 1.73. The Morgan fingerprint density at radius 3 is 2.80 bits per heavy atom. The first-order valence-electron chi connectivity index (χ1n) is 8.98. The van der Waals surface area contributed by atoms with Crippen LogP contribution in [0.5, 0.6) is 0 Å². The number of rotatable bonds is 5. The Bertz CT molecular complexity index is 722. The zero-order valence-electron chi connectivity index (χ0n) is 14.3. The summed E-state index contributed by atoms with van der Waals surface area (Å²) in [5.41, 5.74) is 0.325. The van der Waals surface area contributed by atoms with E-state index in [1.807, 2.05) is 6.07 Å². The SMILES string of the molecule is C[C@H]1C[C@H]1c1cc(NC(=O)CCN2C(=O)NC3(CCCC3)C2=O)n[nH]1. The molecule has 4 rings (SSSR count). The van der Waals surface area contributed by atoms with E-state index < -0.39 is 5.54 Å². The van der Waals surface area contributed by atoms with E-state index in [0.717, 1.165) is 25.0 Å². The van der Waals surface area contributed by atoms with Gasteiger partial charge in [0.25, 0.3) is 5.91 Å². The minimum Gasteiger partial charge on any atom is -0.323 e. The van der Waals surface area contributed by atoms with Gasteiger partial charge in [0.1, 0.15) is 5.54 Å². The molecule has 2 heterocycles. The number of carbonyl (C=O) groups excluding carboxylic acids is 3. The van der Waals surface area contributed by atoms with E-state index in [1.54, 1.807) is 0 Å². The zero-order chi connectivity index (χ0) is 17.6. The van der Waals surface area contributed by atoms with Crippen molar-refractivity contribution in [1.29, 1.82) is 0 Å². The summed E-state index contributed by atoms with van der Waals surface area (Å²) in [6, 6.07) is 1.47. The van der Waals surface area contributed by atoms with Crippen LogP contribution in [0.1, 0.15) is 57.1 Å². The Morgan fingerprint density at radius 2 is 2.12 bits per heavy atom. The van der Waals surface area contributed by atoms with Crippen molar-refractivity contribution in [2.45, 2.75) is 56.9 Å². The lowest BCUT2D eigenvalue weighted by Gasteiger charge is -2.19. The van der Waals surface area contributed by atoms with Crippen molar-refractivity contribution in [3.8, 4) is 0 Å². The highest BCUT2D eigenvalue weighted by Crippen LogP contribution is 2.46. The van der Waals surface area contributed by atoms with Gasteiger partial charge < -0.3 is 10.6 Å². The number of urea groups is 1. The average molecular weight is 345 g/mol. The topological polar surface area (TPSA) is 107 Å². The first-order valence-corrected chi connectivity index (χ1v) is 8.98. The molecule has 8 nitrogen and oxygen atoms in total. The monoisotopic (exact) mass is 345 g/mol. The number of amides is 4. The lowest BCUT2D eigenvalue weighted by atomic mass is 9.98. The molecular weight excluding hydrogens is 322 g/mol. The second-order valence-corrected chi connectivity index (χ2v) is 7.50. The number of hydrogen-bond donors (Lipinski definition) is 3. The van der Waals surface area contributed by atoms with Crippen LogP contribution in [0.2, 0.25) is 0 Å². The van der Waals surface area contributed by atoms with Gasteiger partial charge in [-0.25, -0.2) is 4.79 Å². The Balaban J connectivity index is 1.30. The number of H-pyrrole nitrogens is 1. The van der Waals surface area contributed by atoms with E-state index in [1.165, 1.54) is 4.90 Å². The molecule has 3 fully saturated rings. The summed E-state index contributed by atoms with van der Waals surface area (Å²) < 4.78 is 0. The molecule has 1 aliphatic heterocycles. The molecule has 3 aliphatic rings. The van der Waals surface area contributed by atoms with Crippen molar-refractivity contribution >= 4 is 23.7 Å². The highest BCUT2D eigenvalue weighted by Gasteiger charge is 2.52. The number of aromatic nitrogens is 2. The molecule has 1 saturated heterocycles. The molecular formula is C17H23N5O3. The summed E-state index contributed by atoms with van der Waals surface area (Å²) >= 11 is 0. The van der Waals surface area contributed by atoms with Crippen LogP contribution in [0.4, 0.5) is 10.6 Å². The molecule has 0 bridgehead atoms. The third kappa shape index (κ3) is 2.89. The molecule has 2 atom stereocenters. The van der Waals surface area contributed by atoms with Crippen LogP contribution >= 0.6 is 0 Å². The molecule has 4 amide bonds. The van der Waals surface area contributed by atoms with E-state index >= 15 is 0 Å². The van der Waals surface area contributed by atoms with E-state index in [9.17, 15) is 14.4 Å². The third-order valence-electron chi connectivity index (χ3n) is 5.64. The van der Waals surface area contributed by atoms with Crippen molar-refractivity contribution < 1.29 is 14.4 Å². The quantitative estimate of drug-likeness (QED) is 0.706. The molecule has 8 heteroatoms. The van der Waals surface area contributed by atoms with E-state index in [4.69, 9.17) is 0 Å². The van der Waals surface area contributed by atoms with Gasteiger partial charge in [-0.1, -0.05) is 19.8 Å². The summed E-state index contributed by atoms with van der Waals surface area (Å²) in [7, 11) is 0. The van der Waals surface area contributed by atoms with E-state index in [-0.39, 0.29) is 30.8 Å². The number of nitrogens with zero attached hydrogens (tertiary/aromatic N) is 2. The van der Waals surface area contributed by atoms with Crippen LogP contribution in [0.15, 0.2) is 6.07 Å². The van der Waals surface area contributed by atoms with Gasteiger partial charge in [-0.05, 0) is 25.2 Å². The number of carbonyl (C=O) groups is 3. The van der Waals surface area contributed by atoms with Crippen molar-refractivity contribution in [1.82, 2.24) is 20.4 Å². The number of nitrogens with one attached hydrogen (secondary N) is 3. The number of aromatic amines is 1. The Hall–Kier alpha value is -2.38. The lowest BCUT2D eigenvalue weighted by molar-refractivity contribution is -0.131. The summed E-state index contributed by atoms with van der Waals surface area (Å²) in [5, 5.41) is 12.6. The summed E-state index contributed by atoms with van der Waals surface area (Å²) in [4.78, 5) is 37.9. The molecule has 2 saturated carbocycles. The Kier molecular flexibility index (Phi) is 3.77. The van der Waals surface area contributed by atoms with Gasteiger partial charge in [-0.2, -0.15) is 5.10 Å². The average Bonchev–Trinajstić information content (AvgIpc) is 2.95. The van der Waals surface area contributed by atoms with Gasteiger partial charge in [0.2, 0.25) is 5.91 Å². The molecule has 3 N–H and O–H groups in total. The van der Waals surface area contributed by atoms with Crippen LogP contribution < -0.4 is 10.6 Å². The molecule has 1 aromatic heterocycles. The van der Waals surface area contributed by atoms with Crippen LogP contribution in [0.3, 0.4) is 0 Å². The normalized spacial score (nSPS) is 27.0. The second kappa shape index (κ2) is 5.86. The van der Waals surface area contributed by atoms with Crippen molar-refractivity contribution in [2.75, 3.05) is 11.9 Å². The zero-order valence-corrected chi connectivity index (χ0v) is 14.3. The van der Waals surface area contributed by atoms with Gasteiger partial charge in [0.05, 0.1) is 0 Å². The summed E-state index contributed by atoms with van der Waals surface area (Å²) in [6.45, 7) is 2.27. The number of anilines is 1.